The number of hydrogen-bond donors (Lipinski definition) is 2. The summed E-state index contributed by atoms with van der Waals surface area (Å²) in [5.41, 5.74) is 6.82. The number of piperidine rings is 2. The van der Waals surface area contributed by atoms with Crippen molar-refractivity contribution in [2.75, 3.05) is 26.2 Å². The minimum atomic E-state index is -0.731. The summed E-state index contributed by atoms with van der Waals surface area (Å²) in [6.45, 7) is 2.04. The molecule has 3 amide bonds. The van der Waals surface area contributed by atoms with Crippen molar-refractivity contribution >= 4 is 28.8 Å². The number of hydrogen-bond acceptors (Lipinski definition) is 6. The average molecular weight is 453 g/mol. The fraction of sp³-hybridized carbons (Fsp3) is 0.478. The maximum Gasteiger partial charge on any atom is 0.329 e. The van der Waals surface area contributed by atoms with Crippen LogP contribution in [0.4, 0.5) is 0 Å². The number of nitrogens with zero attached hydrogens (tertiary/aromatic N) is 3. The molecule has 0 saturated carbocycles. The van der Waals surface area contributed by atoms with Gasteiger partial charge in [-0.1, -0.05) is 17.9 Å². The summed E-state index contributed by atoms with van der Waals surface area (Å²) in [5, 5.41) is 2.31. The zero-order valence-electron chi connectivity index (χ0n) is 18.5. The molecule has 10 heteroatoms. The third-order valence-corrected chi connectivity index (χ3v) is 6.15. The fourth-order valence-corrected chi connectivity index (χ4v) is 4.51. The van der Waals surface area contributed by atoms with E-state index in [9.17, 15) is 19.2 Å². The Labute approximate surface area is 190 Å². The number of nitrogens with two attached hydrogens (primary N) is 1. The molecule has 174 valence electrons. The summed E-state index contributed by atoms with van der Waals surface area (Å²) < 4.78 is 8.80. The number of likely N-dealkylation sites (tertiary alicyclic amines) is 1. The SMILES string of the molecule is Cn1c(=O)n(C2CCC(=O)NC2=O)c2cccc(C#CCOC3CCN(CC(N)=O)CC3)c21. The van der Waals surface area contributed by atoms with Crippen LogP contribution in [0, 0.1) is 11.8 Å². The molecule has 2 fully saturated rings. The van der Waals surface area contributed by atoms with Gasteiger partial charge in [0, 0.05) is 26.6 Å². The number of ether oxygens (including phenoxy) is 1. The van der Waals surface area contributed by atoms with Gasteiger partial charge in [0.2, 0.25) is 17.7 Å². The highest BCUT2D eigenvalue weighted by atomic mass is 16.5. The van der Waals surface area contributed by atoms with Gasteiger partial charge in [0.15, 0.2) is 0 Å². The second-order valence-corrected chi connectivity index (χ2v) is 8.41. The van der Waals surface area contributed by atoms with E-state index in [-0.39, 0.29) is 49.6 Å². The molecule has 3 N–H and O–H groups in total. The number of aryl methyl sites for hydroxylation is 1. The number of aromatic nitrogens is 2. The number of imidazole rings is 1. The van der Waals surface area contributed by atoms with Crippen molar-refractivity contribution in [3.63, 3.8) is 0 Å². The maximum absolute atomic E-state index is 13.0. The minimum absolute atomic E-state index is 0.0807. The molecule has 0 aliphatic carbocycles. The van der Waals surface area contributed by atoms with Crippen LogP contribution in [-0.4, -0.2) is 64.1 Å². The van der Waals surface area contributed by atoms with Crippen LogP contribution in [0.25, 0.3) is 11.0 Å². The lowest BCUT2D eigenvalue weighted by atomic mass is 10.1. The average Bonchev–Trinajstić information content (AvgIpc) is 3.03. The third kappa shape index (κ3) is 4.84. The molecule has 2 saturated heterocycles. The predicted octanol–water partition coefficient (Wildman–Crippen LogP) is -0.364. The number of amides is 3. The van der Waals surface area contributed by atoms with Crippen LogP contribution < -0.4 is 16.7 Å². The largest absolute Gasteiger partial charge is 0.369 e. The van der Waals surface area contributed by atoms with Crippen molar-refractivity contribution in [2.45, 2.75) is 37.8 Å². The van der Waals surface area contributed by atoms with E-state index < -0.39 is 11.9 Å². The van der Waals surface area contributed by atoms with Crippen LogP contribution in [0.1, 0.15) is 37.3 Å². The van der Waals surface area contributed by atoms with Crippen LogP contribution in [0.3, 0.4) is 0 Å². The number of primary amides is 1. The van der Waals surface area contributed by atoms with Crippen molar-refractivity contribution in [2.24, 2.45) is 12.8 Å². The molecule has 2 aliphatic heterocycles. The highest BCUT2D eigenvalue weighted by Crippen LogP contribution is 2.24. The number of carbonyl (C=O) groups is 3. The zero-order chi connectivity index (χ0) is 23.5. The van der Waals surface area contributed by atoms with E-state index in [0.717, 1.165) is 25.9 Å². The number of rotatable bonds is 5. The van der Waals surface area contributed by atoms with Crippen LogP contribution >= 0.6 is 0 Å². The van der Waals surface area contributed by atoms with Crippen molar-refractivity contribution in [3.05, 3.63) is 34.2 Å². The van der Waals surface area contributed by atoms with Gasteiger partial charge in [0.05, 0.1) is 29.2 Å². The summed E-state index contributed by atoms with van der Waals surface area (Å²) in [7, 11) is 1.65. The Morgan fingerprint density at radius 1 is 1.21 bits per heavy atom. The van der Waals surface area contributed by atoms with E-state index in [4.69, 9.17) is 10.5 Å². The van der Waals surface area contributed by atoms with Gasteiger partial charge in [-0.25, -0.2) is 4.79 Å². The lowest BCUT2D eigenvalue weighted by Gasteiger charge is -2.30. The van der Waals surface area contributed by atoms with E-state index in [0.29, 0.717) is 16.6 Å². The molecule has 1 unspecified atom stereocenters. The predicted molar refractivity (Wildman–Crippen MR) is 120 cm³/mol. The quantitative estimate of drug-likeness (QED) is 0.470. The molecular formula is C23H27N5O5. The second kappa shape index (κ2) is 9.60. The topological polar surface area (TPSA) is 129 Å². The van der Waals surface area contributed by atoms with Crippen molar-refractivity contribution in [1.82, 2.24) is 19.4 Å². The van der Waals surface area contributed by atoms with Crippen LogP contribution in [0.2, 0.25) is 0 Å². The molecule has 0 spiro atoms. The first-order chi connectivity index (χ1) is 15.8. The van der Waals surface area contributed by atoms with E-state index in [1.807, 2.05) is 11.0 Å². The Hall–Kier alpha value is -3.42. The molecule has 33 heavy (non-hydrogen) atoms. The normalized spacial score (nSPS) is 19.8. The fourth-order valence-electron chi connectivity index (χ4n) is 4.51. The van der Waals surface area contributed by atoms with E-state index >= 15 is 0 Å². The van der Waals surface area contributed by atoms with Gasteiger partial charge in [-0.05, 0) is 31.4 Å². The molecule has 0 radical (unpaired) electrons. The maximum atomic E-state index is 13.0. The summed E-state index contributed by atoms with van der Waals surface area (Å²) in [6.07, 6.45) is 2.18. The summed E-state index contributed by atoms with van der Waals surface area (Å²) in [6, 6.07) is 4.67. The molecule has 0 bridgehead atoms. The van der Waals surface area contributed by atoms with Crippen LogP contribution in [-0.2, 0) is 26.2 Å². The summed E-state index contributed by atoms with van der Waals surface area (Å²) in [4.78, 5) is 49.9. The van der Waals surface area contributed by atoms with Gasteiger partial charge in [-0.15, -0.1) is 0 Å². The van der Waals surface area contributed by atoms with Gasteiger partial charge in [-0.2, -0.15) is 0 Å². The molecule has 1 aromatic heterocycles. The Balaban J connectivity index is 1.47. The first kappa shape index (κ1) is 22.8. The molecule has 2 aromatic rings. The Morgan fingerprint density at radius 3 is 2.67 bits per heavy atom. The number of carbonyl (C=O) groups excluding carboxylic acids is 3. The molecule has 3 heterocycles. The van der Waals surface area contributed by atoms with E-state index in [1.54, 1.807) is 19.2 Å². The van der Waals surface area contributed by atoms with E-state index in [2.05, 4.69) is 17.2 Å². The zero-order valence-corrected chi connectivity index (χ0v) is 18.5. The number of nitrogens with one attached hydrogen (secondary N) is 1. The van der Waals surface area contributed by atoms with E-state index in [1.165, 1.54) is 9.13 Å². The van der Waals surface area contributed by atoms with Gasteiger partial charge >= 0.3 is 5.69 Å². The lowest BCUT2D eigenvalue weighted by molar-refractivity contribution is -0.135. The molecular weight excluding hydrogens is 426 g/mol. The van der Waals surface area contributed by atoms with Gasteiger partial charge < -0.3 is 10.5 Å². The number of fused-ring (bicyclic) bond motifs is 1. The van der Waals surface area contributed by atoms with Crippen molar-refractivity contribution in [3.8, 4) is 11.8 Å². The Kier molecular flexibility index (Phi) is 6.62. The van der Waals surface area contributed by atoms with Crippen LogP contribution in [0.15, 0.2) is 23.0 Å². The second-order valence-electron chi connectivity index (χ2n) is 8.41. The summed E-state index contributed by atoms with van der Waals surface area (Å²) in [5.74, 6) is 5.00. The monoisotopic (exact) mass is 453 g/mol. The number of para-hydroxylation sites is 1. The number of benzene rings is 1. The smallest absolute Gasteiger partial charge is 0.329 e. The van der Waals surface area contributed by atoms with Crippen molar-refractivity contribution in [1.29, 1.82) is 0 Å². The van der Waals surface area contributed by atoms with Gasteiger partial charge in [0.25, 0.3) is 0 Å². The Morgan fingerprint density at radius 2 is 1.97 bits per heavy atom. The van der Waals surface area contributed by atoms with Gasteiger partial charge in [0.1, 0.15) is 12.6 Å². The minimum Gasteiger partial charge on any atom is -0.369 e. The highest BCUT2D eigenvalue weighted by molar-refractivity contribution is 6.00. The first-order valence-corrected chi connectivity index (χ1v) is 11.0. The molecule has 1 atom stereocenters. The molecule has 1 aromatic carbocycles. The lowest BCUT2D eigenvalue weighted by Crippen LogP contribution is -2.44. The Bertz CT molecular complexity index is 1210. The molecule has 2 aliphatic rings. The summed E-state index contributed by atoms with van der Waals surface area (Å²) >= 11 is 0. The molecule has 4 rings (SSSR count). The third-order valence-electron chi connectivity index (χ3n) is 6.15. The first-order valence-electron chi connectivity index (χ1n) is 11.0. The molecule has 10 nitrogen and oxygen atoms in total. The highest BCUT2D eigenvalue weighted by Gasteiger charge is 2.31. The van der Waals surface area contributed by atoms with Crippen LogP contribution in [0.5, 0.6) is 0 Å². The van der Waals surface area contributed by atoms with Gasteiger partial charge in [-0.3, -0.25) is 33.7 Å². The number of imide groups is 1. The van der Waals surface area contributed by atoms with Crippen molar-refractivity contribution < 1.29 is 19.1 Å². The standard InChI is InChI=1S/C23H27N5O5/c1-26-21-15(5-3-13-33-16-9-11-27(12-10-16)14-19(24)29)4-2-6-17(21)28(23(26)32)18-7-8-20(30)25-22(18)31/h2,4,6,16,18H,7-14H2,1H3,(H2,24,29)(H,25,30,31).